The number of halogens is 1. The molecular weight excluding hydrogens is 393 g/mol. The zero-order valence-electron chi connectivity index (χ0n) is 16.2. The number of hydrogen-bond acceptors (Lipinski definition) is 6. The fourth-order valence-corrected chi connectivity index (χ4v) is 3.93. The van der Waals surface area contributed by atoms with Crippen LogP contribution in [-0.4, -0.2) is 37.1 Å². The summed E-state index contributed by atoms with van der Waals surface area (Å²) in [6.45, 7) is 5.94. The maximum Gasteiger partial charge on any atom is 0.305 e. The van der Waals surface area contributed by atoms with E-state index < -0.39 is 11.8 Å². The van der Waals surface area contributed by atoms with Gasteiger partial charge in [-0.25, -0.2) is 19.3 Å². The van der Waals surface area contributed by atoms with Crippen molar-refractivity contribution in [2.24, 2.45) is 5.41 Å². The van der Waals surface area contributed by atoms with E-state index in [0.717, 1.165) is 16.4 Å². The van der Waals surface area contributed by atoms with Gasteiger partial charge in [0.2, 0.25) is 0 Å². The molecule has 0 unspecified atom stereocenters. The molecule has 0 aliphatic carbocycles. The third-order valence-electron chi connectivity index (χ3n) is 4.80. The molecule has 0 fully saturated rings. The number of carbonyl (C=O) groups is 1. The molecule has 0 bridgehead atoms. The van der Waals surface area contributed by atoms with Crippen LogP contribution >= 0.6 is 11.3 Å². The van der Waals surface area contributed by atoms with Gasteiger partial charge in [0.25, 0.3) is 0 Å². The van der Waals surface area contributed by atoms with Gasteiger partial charge in [0.1, 0.15) is 22.1 Å². The summed E-state index contributed by atoms with van der Waals surface area (Å²) < 4.78 is 13.7. The van der Waals surface area contributed by atoms with Gasteiger partial charge in [0, 0.05) is 23.2 Å². The van der Waals surface area contributed by atoms with Gasteiger partial charge in [0.05, 0.1) is 18.0 Å². The summed E-state index contributed by atoms with van der Waals surface area (Å²) >= 11 is 1.46. The van der Waals surface area contributed by atoms with Gasteiger partial charge in [0.15, 0.2) is 5.82 Å². The fraction of sp³-hybridized carbons (Fsp3) is 0.300. The van der Waals surface area contributed by atoms with Crippen LogP contribution in [0.3, 0.4) is 0 Å². The van der Waals surface area contributed by atoms with Crippen LogP contribution in [-0.2, 0) is 4.79 Å². The molecule has 0 amide bonds. The fourth-order valence-electron chi connectivity index (χ4n) is 3.16. The van der Waals surface area contributed by atoms with Crippen molar-refractivity contribution < 1.29 is 14.3 Å². The summed E-state index contributed by atoms with van der Waals surface area (Å²) in [4.78, 5) is 28.5. The van der Waals surface area contributed by atoms with E-state index in [1.54, 1.807) is 6.20 Å². The van der Waals surface area contributed by atoms with Crippen molar-refractivity contribution in [3.8, 4) is 11.4 Å². The van der Waals surface area contributed by atoms with Crippen LogP contribution in [0.15, 0.2) is 29.9 Å². The summed E-state index contributed by atoms with van der Waals surface area (Å²) in [5.41, 5.74) is 0.875. The molecule has 4 aromatic heterocycles. The molecule has 29 heavy (non-hydrogen) atoms. The van der Waals surface area contributed by atoms with E-state index in [2.05, 4.69) is 25.3 Å². The van der Waals surface area contributed by atoms with Crippen LogP contribution in [0.5, 0.6) is 0 Å². The van der Waals surface area contributed by atoms with Crippen molar-refractivity contribution in [1.29, 1.82) is 0 Å². The molecule has 0 aliphatic rings. The predicted molar refractivity (Wildman–Crippen MR) is 112 cm³/mol. The molecule has 0 saturated carbocycles. The number of pyridine rings is 1. The molecule has 7 nitrogen and oxygen atoms in total. The Hall–Kier alpha value is -3.07. The van der Waals surface area contributed by atoms with Crippen LogP contribution < -0.4 is 5.32 Å². The number of aromatic nitrogens is 4. The zero-order valence-corrected chi connectivity index (χ0v) is 17.0. The number of rotatable bonds is 5. The number of aliphatic carboxylic acids is 1. The number of carboxylic acids is 1. The van der Waals surface area contributed by atoms with E-state index in [4.69, 9.17) is 0 Å². The largest absolute Gasteiger partial charge is 0.481 e. The Morgan fingerprint density at radius 2 is 2.14 bits per heavy atom. The molecule has 0 aliphatic heterocycles. The highest BCUT2D eigenvalue weighted by Crippen LogP contribution is 2.34. The number of thiophene rings is 1. The Kier molecular flexibility index (Phi) is 4.70. The summed E-state index contributed by atoms with van der Waals surface area (Å²) in [7, 11) is 0. The molecule has 0 radical (unpaired) electrons. The zero-order chi connectivity index (χ0) is 20.8. The van der Waals surface area contributed by atoms with Crippen molar-refractivity contribution in [2.75, 3.05) is 5.32 Å². The van der Waals surface area contributed by atoms with Gasteiger partial charge in [-0.1, -0.05) is 20.8 Å². The maximum absolute atomic E-state index is 13.7. The standard InChI is InChI=1S/C20H20FN5O2S/c1-20(2,3)14(7-15(27)28)24-17-11-4-5-29-19(11)26-18(25-17)13-9-23-16-12(13)6-10(21)8-22-16/h4-6,8-9,14H,7H2,1-3H3,(H,22,23)(H,27,28)(H,24,25,26)/t14-/m1/s1. The molecule has 1 atom stereocenters. The van der Waals surface area contributed by atoms with Crippen LogP contribution in [0.4, 0.5) is 10.2 Å². The first-order valence-electron chi connectivity index (χ1n) is 9.09. The van der Waals surface area contributed by atoms with Gasteiger partial charge in [-0.3, -0.25) is 4.79 Å². The number of carboxylic acid groups (broad SMARTS) is 1. The molecule has 0 saturated heterocycles. The average molecular weight is 413 g/mol. The van der Waals surface area contributed by atoms with E-state index in [1.165, 1.54) is 17.4 Å². The second kappa shape index (κ2) is 7.07. The Morgan fingerprint density at radius 3 is 2.86 bits per heavy atom. The minimum absolute atomic E-state index is 0.0450. The monoisotopic (exact) mass is 413 g/mol. The Labute approximate surface area is 170 Å². The van der Waals surface area contributed by atoms with E-state index in [9.17, 15) is 14.3 Å². The van der Waals surface area contributed by atoms with Crippen LogP contribution in [0.1, 0.15) is 27.2 Å². The normalized spacial score (nSPS) is 13.1. The van der Waals surface area contributed by atoms with E-state index in [0.29, 0.717) is 28.2 Å². The average Bonchev–Trinajstić information content (AvgIpc) is 3.26. The maximum atomic E-state index is 13.7. The number of hydrogen-bond donors (Lipinski definition) is 3. The molecular formula is C20H20FN5O2S. The minimum atomic E-state index is -0.883. The first-order valence-corrected chi connectivity index (χ1v) is 9.97. The van der Waals surface area contributed by atoms with Gasteiger partial charge in [-0.05, 0) is 22.9 Å². The number of aromatic amines is 1. The molecule has 4 aromatic rings. The summed E-state index contributed by atoms with van der Waals surface area (Å²) in [5.74, 6) is -0.343. The van der Waals surface area contributed by atoms with E-state index in [-0.39, 0.29) is 17.9 Å². The third kappa shape index (κ3) is 3.77. The van der Waals surface area contributed by atoms with E-state index >= 15 is 0 Å². The molecule has 3 N–H and O–H groups in total. The molecule has 9 heteroatoms. The lowest BCUT2D eigenvalue weighted by atomic mass is 9.84. The molecule has 4 heterocycles. The van der Waals surface area contributed by atoms with Gasteiger partial charge >= 0.3 is 5.97 Å². The van der Waals surface area contributed by atoms with Crippen molar-refractivity contribution in [3.63, 3.8) is 0 Å². The third-order valence-corrected chi connectivity index (χ3v) is 5.61. The second-order valence-electron chi connectivity index (χ2n) is 7.95. The van der Waals surface area contributed by atoms with E-state index in [1.807, 2.05) is 32.2 Å². The summed E-state index contributed by atoms with van der Waals surface area (Å²) in [6, 6.07) is 2.96. The predicted octanol–water partition coefficient (Wildman–Crippen LogP) is 4.68. The number of nitrogens with one attached hydrogen (secondary N) is 2. The summed E-state index contributed by atoms with van der Waals surface area (Å²) in [5, 5.41) is 16.0. The highest BCUT2D eigenvalue weighted by Gasteiger charge is 2.28. The van der Waals surface area contributed by atoms with Crippen molar-refractivity contribution in [1.82, 2.24) is 19.9 Å². The number of nitrogens with zero attached hydrogens (tertiary/aromatic N) is 3. The highest BCUT2D eigenvalue weighted by molar-refractivity contribution is 7.16. The Balaban J connectivity index is 1.84. The summed E-state index contributed by atoms with van der Waals surface area (Å²) in [6.07, 6.45) is 2.81. The van der Waals surface area contributed by atoms with Crippen LogP contribution in [0.25, 0.3) is 32.6 Å². The number of H-pyrrole nitrogens is 1. The quantitative estimate of drug-likeness (QED) is 0.439. The smallest absolute Gasteiger partial charge is 0.305 e. The Morgan fingerprint density at radius 1 is 1.34 bits per heavy atom. The second-order valence-corrected chi connectivity index (χ2v) is 8.84. The van der Waals surface area contributed by atoms with Crippen molar-refractivity contribution in [2.45, 2.75) is 33.2 Å². The molecule has 4 rings (SSSR count). The lowest BCUT2D eigenvalue weighted by Gasteiger charge is -2.31. The lowest BCUT2D eigenvalue weighted by molar-refractivity contribution is -0.137. The first-order chi connectivity index (χ1) is 13.7. The molecule has 150 valence electrons. The SMILES string of the molecule is CC(C)(C)[C@@H](CC(=O)O)Nc1nc(-c2c[nH]c3ncc(F)cc23)nc2sccc12. The molecule has 0 aromatic carbocycles. The first kappa shape index (κ1) is 19.3. The topological polar surface area (TPSA) is 104 Å². The van der Waals surface area contributed by atoms with Gasteiger partial charge in [-0.2, -0.15) is 0 Å². The highest BCUT2D eigenvalue weighted by atomic mass is 32.1. The van der Waals surface area contributed by atoms with Gasteiger partial charge in [-0.15, -0.1) is 11.3 Å². The lowest BCUT2D eigenvalue weighted by Crippen LogP contribution is -2.36. The number of anilines is 1. The number of fused-ring (bicyclic) bond motifs is 2. The van der Waals surface area contributed by atoms with Crippen molar-refractivity contribution in [3.05, 3.63) is 35.7 Å². The Bertz CT molecular complexity index is 1210. The van der Waals surface area contributed by atoms with Gasteiger partial charge < -0.3 is 15.4 Å². The minimum Gasteiger partial charge on any atom is -0.481 e. The molecule has 0 spiro atoms. The van der Waals surface area contributed by atoms with Crippen LogP contribution in [0, 0.1) is 11.2 Å². The van der Waals surface area contributed by atoms with Crippen LogP contribution in [0.2, 0.25) is 0 Å². The van der Waals surface area contributed by atoms with Crippen molar-refractivity contribution >= 4 is 44.4 Å².